The molecule has 15 heteroatoms. The summed E-state index contributed by atoms with van der Waals surface area (Å²) >= 11 is 1.05. The van der Waals surface area contributed by atoms with Crippen LogP contribution in [-0.4, -0.2) is 63.5 Å². The number of carbonyl (C=O) groups excluding carboxylic acids is 2. The highest BCUT2D eigenvalue weighted by molar-refractivity contribution is 7.13. The fourth-order valence-corrected chi connectivity index (χ4v) is 3.41. The number of rotatable bonds is 10. The first-order chi connectivity index (χ1) is 17.1. The first-order valence-electron chi connectivity index (χ1n) is 10.3. The van der Waals surface area contributed by atoms with Crippen molar-refractivity contribution in [2.75, 3.05) is 6.61 Å². The van der Waals surface area contributed by atoms with Gasteiger partial charge in [-0.1, -0.05) is 6.92 Å². The van der Waals surface area contributed by atoms with E-state index >= 15 is 0 Å². The predicted octanol–water partition coefficient (Wildman–Crippen LogP) is 1.86. The minimum Gasteiger partial charge on any atom is -0.480 e. The quantitative estimate of drug-likeness (QED) is 0.111. The van der Waals surface area contributed by atoms with Crippen LogP contribution in [0.15, 0.2) is 30.3 Å². The molecular formula is C22H24F3N3O8S. The van der Waals surface area contributed by atoms with E-state index in [1.54, 1.807) is 13.0 Å². The van der Waals surface area contributed by atoms with Crippen molar-refractivity contribution < 1.29 is 52.4 Å². The summed E-state index contributed by atoms with van der Waals surface area (Å²) in [4.78, 5) is 45.3. The molecule has 0 saturated carbocycles. The third kappa shape index (κ3) is 9.89. The molecule has 2 rings (SSSR count). The number of halogens is 3. The molecule has 2 atom stereocenters. The average Bonchev–Trinajstić information content (AvgIpc) is 3.26. The standard InChI is InChI=1S/C19H20FN3O6S.C3H4F2O2/c1-9(17(25)23-13(8-24)18(26)27)6-11-3-5-15(30-11)19(28)29-14-4-2-10(16(21)22)7-12(14)20;1-3(4,5)2(6)7/h2-5,7,9,13,24H,6,8H2,1H3,(H3,21,22)(H,23,25)(H,26,27);1H3,(H,6,7)/t9?,13-;/m0./s1. The van der Waals surface area contributed by atoms with E-state index < -0.39 is 54.1 Å². The number of carboxylic acids is 2. The van der Waals surface area contributed by atoms with Crippen molar-refractivity contribution in [3.63, 3.8) is 0 Å². The fraction of sp³-hybridized carbons (Fsp3) is 0.318. The van der Waals surface area contributed by atoms with Gasteiger partial charge < -0.3 is 31.1 Å². The summed E-state index contributed by atoms with van der Waals surface area (Å²) in [6.45, 7) is 1.18. The molecule has 11 nitrogen and oxygen atoms in total. The van der Waals surface area contributed by atoms with Gasteiger partial charge in [-0.05, 0) is 36.8 Å². The van der Waals surface area contributed by atoms with Crippen LogP contribution in [0.4, 0.5) is 13.2 Å². The number of ether oxygens (including phenoxy) is 1. The Kier molecular flexibility index (Phi) is 11.2. The highest BCUT2D eigenvalue weighted by Crippen LogP contribution is 2.24. The number of nitrogens with two attached hydrogens (primary N) is 1. The topological polar surface area (TPSA) is 200 Å². The zero-order chi connectivity index (χ0) is 28.5. The van der Waals surface area contributed by atoms with Gasteiger partial charge >= 0.3 is 23.8 Å². The van der Waals surface area contributed by atoms with Gasteiger partial charge in [-0.3, -0.25) is 10.2 Å². The van der Waals surface area contributed by atoms with Crippen LogP contribution in [0.25, 0.3) is 0 Å². The Bertz CT molecular complexity index is 1170. The first-order valence-corrected chi connectivity index (χ1v) is 11.1. The zero-order valence-electron chi connectivity index (χ0n) is 19.5. The molecule has 1 aromatic heterocycles. The summed E-state index contributed by atoms with van der Waals surface area (Å²) in [5.41, 5.74) is 5.44. The Morgan fingerprint density at radius 1 is 1.19 bits per heavy atom. The molecule has 0 spiro atoms. The van der Waals surface area contributed by atoms with E-state index in [9.17, 15) is 32.3 Å². The third-order valence-corrected chi connectivity index (χ3v) is 5.52. The lowest BCUT2D eigenvalue weighted by Crippen LogP contribution is -2.45. The van der Waals surface area contributed by atoms with Gasteiger partial charge in [0.25, 0.3) is 0 Å². The number of amidine groups is 1. The number of carbonyl (C=O) groups is 4. The minimum atomic E-state index is -3.58. The largest absolute Gasteiger partial charge is 0.480 e. The number of aliphatic hydroxyl groups is 1. The van der Waals surface area contributed by atoms with E-state index in [2.05, 4.69) is 5.32 Å². The van der Waals surface area contributed by atoms with Crippen LogP contribution in [0.3, 0.4) is 0 Å². The molecule has 0 radical (unpaired) electrons. The molecule has 0 aliphatic rings. The molecule has 1 aromatic carbocycles. The second-order valence-corrected chi connectivity index (χ2v) is 8.76. The number of amides is 1. The number of nitrogens with one attached hydrogen (secondary N) is 2. The zero-order valence-corrected chi connectivity index (χ0v) is 20.3. The summed E-state index contributed by atoms with van der Waals surface area (Å²) in [5.74, 6) is -10.4. The van der Waals surface area contributed by atoms with Crippen molar-refractivity contribution in [2.45, 2.75) is 32.2 Å². The molecule has 0 aliphatic heterocycles. The fourth-order valence-electron chi connectivity index (χ4n) is 2.39. The molecule has 2 aromatic rings. The predicted molar refractivity (Wildman–Crippen MR) is 124 cm³/mol. The summed E-state index contributed by atoms with van der Waals surface area (Å²) in [7, 11) is 0. The number of hydrogen-bond acceptors (Lipinski definition) is 8. The number of carboxylic acid groups (broad SMARTS) is 2. The third-order valence-electron chi connectivity index (χ3n) is 4.44. The van der Waals surface area contributed by atoms with Crippen LogP contribution in [0.5, 0.6) is 5.75 Å². The van der Waals surface area contributed by atoms with E-state index in [1.807, 2.05) is 0 Å². The average molecular weight is 548 g/mol. The van der Waals surface area contributed by atoms with E-state index in [1.165, 1.54) is 18.2 Å². The van der Waals surface area contributed by atoms with Crippen LogP contribution >= 0.6 is 11.3 Å². The van der Waals surface area contributed by atoms with Crippen molar-refractivity contribution in [3.05, 3.63) is 51.5 Å². The number of thiophene rings is 1. The Labute approximate surface area is 212 Å². The number of benzene rings is 1. The van der Waals surface area contributed by atoms with Crippen LogP contribution < -0.4 is 15.8 Å². The van der Waals surface area contributed by atoms with Crippen LogP contribution in [-0.2, 0) is 20.8 Å². The molecule has 1 heterocycles. The molecule has 0 saturated heterocycles. The normalized spacial score (nSPS) is 12.4. The second kappa shape index (κ2) is 13.4. The van der Waals surface area contributed by atoms with Gasteiger partial charge in [0.2, 0.25) is 5.91 Å². The van der Waals surface area contributed by atoms with Gasteiger partial charge in [-0.2, -0.15) is 8.78 Å². The van der Waals surface area contributed by atoms with Gasteiger partial charge in [-0.15, -0.1) is 11.3 Å². The number of hydrogen-bond donors (Lipinski definition) is 6. The summed E-state index contributed by atoms with van der Waals surface area (Å²) in [5, 5.41) is 34.8. The molecule has 1 amide bonds. The molecule has 0 fully saturated rings. The second-order valence-electron chi connectivity index (χ2n) is 7.60. The summed E-state index contributed by atoms with van der Waals surface area (Å²) < 4.78 is 41.5. The lowest BCUT2D eigenvalue weighted by atomic mass is 10.1. The Morgan fingerprint density at radius 2 is 1.78 bits per heavy atom. The molecule has 0 bridgehead atoms. The van der Waals surface area contributed by atoms with Gasteiger partial charge in [0.1, 0.15) is 16.8 Å². The van der Waals surface area contributed by atoms with Gasteiger partial charge in [0.15, 0.2) is 11.6 Å². The molecule has 1 unspecified atom stereocenters. The molecular weight excluding hydrogens is 523 g/mol. The lowest BCUT2D eigenvalue weighted by Gasteiger charge is -2.15. The monoisotopic (exact) mass is 547 g/mol. The Hall–Kier alpha value is -3.98. The number of aliphatic hydroxyl groups excluding tert-OH is 1. The smallest absolute Gasteiger partial charge is 0.374 e. The number of alkyl halides is 2. The SMILES string of the molecule is CC(Cc1ccc(C(=O)Oc2ccc(C(=N)N)cc2F)s1)C(=O)N[C@@H](CO)C(=O)O.CC(F)(F)C(=O)O. The highest BCUT2D eigenvalue weighted by atomic mass is 32.1. The van der Waals surface area contributed by atoms with Gasteiger partial charge in [-0.25, -0.2) is 18.8 Å². The highest BCUT2D eigenvalue weighted by Gasteiger charge is 2.31. The lowest BCUT2D eigenvalue weighted by molar-refractivity contribution is -0.162. The maximum absolute atomic E-state index is 14.0. The van der Waals surface area contributed by atoms with Crippen LogP contribution in [0.2, 0.25) is 0 Å². The van der Waals surface area contributed by atoms with Crippen LogP contribution in [0.1, 0.15) is 34.0 Å². The maximum Gasteiger partial charge on any atom is 0.374 e. The molecule has 202 valence electrons. The van der Waals surface area contributed by atoms with E-state index in [0.717, 1.165) is 17.4 Å². The van der Waals surface area contributed by atoms with Crippen molar-refractivity contribution in [3.8, 4) is 5.75 Å². The van der Waals surface area contributed by atoms with E-state index in [-0.39, 0.29) is 28.4 Å². The van der Waals surface area contributed by atoms with Gasteiger partial charge in [0.05, 0.1) is 6.61 Å². The molecule has 0 aliphatic carbocycles. The van der Waals surface area contributed by atoms with E-state index in [0.29, 0.717) is 11.8 Å². The van der Waals surface area contributed by atoms with Gasteiger partial charge in [0, 0.05) is 23.3 Å². The summed E-state index contributed by atoms with van der Waals surface area (Å²) in [6, 6.07) is 5.24. The maximum atomic E-state index is 14.0. The summed E-state index contributed by atoms with van der Waals surface area (Å²) in [6.07, 6.45) is 0.225. The van der Waals surface area contributed by atoms with Crippen molar-refractivity contribution >= 4 is 41.0 Å². The molecule has 7 N–H and O–H groups in total. The first kappa shape index (κ1) is 31.1. The minimum absolute atomic E-state index is 0.157. The van der Waals surface area contributed by atoms with Crippen molar-refractivity contribution in [2.24, 2.45) is 11.7 Å². The van der Waals surface area contributed by atoms with Crippen molar-refractivity contribution in [1.29, 1.82) is 5.41 Å². The molecule has 37 heavy (non-hydrogen) atoms. The van der Waals surface area contributed by atoms with E-state index in [4.69, 9.17) is 31.2 Å². The Morgan fingerprint density at radius 3 is 2.24 bits per heavy atom. The number of aliphatic carboxylic acids is 2. The van der Waals surface area contributed by atoms with Crippen molar-refractivity contribution in [1.82, 2.24) is 5.32 Å². The number of esters is 1. The van der Waals surface area contributed by atoms with Crippen LogP contribution in [0, 0.1) is 17.1 Å². The number of nitrogen functional groups attached to an aromatic ring is 1. The Balaban J connectivity index is 0.000000856.